The number of carbonyl (C=O) groups is 1. The summed E-state index contributed by atoms with van der Waals surface area (Å²) in [6.45, 7) is 3.00. The third-order valence-electron chi connectivity index (χ3n) is 3.87. The Morgan fingerprint density at radius 2 is 1.88 bits per heavy atom. The lowest BCUT2D eigenvalue weighted by molar-refractivity contribution is -0.117. The van der Waals surface area contributed by atoms with Gasteiger partial charge in [0.1, 0.15) is 19.8 Å². The van der Waals surface area contributed by atoms with Gasteiger partial charge in [0.2, 0.25) is 11.7 Å². The van der Waals surface area contributed by atoms with Crippen molar-refractivity contribution in [2.24, 2.45) is 0 Å². The average Bonchev–Trinajstić information content (AvgIpc) is 3.10. The second-order valence-corrected chi connectivity index (χ2v) is 5.92. The standard InChI is InChI=1S/C18H17N5O3/c1-12-2-4-13(5-3-12)18-20-22-23(21-18)11-17(24)19-14-6-7-15-16(10-14)26-9-8-25-15/h2-7,10H,8-9,11H2,1H3,(H,19,24). The van der Waals surface area contributed by atoms with Crippen LogP contribution in [0.5, 0.6) is 11.5 Å². The highest BCUT2D eigenvalue weighted by molar-refractivity contribution is 5.90. The summed E-state index contributed by atoms with van der Waals surface area (Å²) in [5, 5.41) is 15.0. The zero-order valence-corrected chi connectivity index (χ0v) is 14.2. The first-order chi connectivity index (χ1) is 12.7. The normalized spacial score (nSPS) is 12.7. The molecule has 1 aromatic heterocycles. The molecule has 26 heavy (non-hydrogen) atoms. The largest absolute Gasteiger partial charge is 0.486 e. The van der Waals surface area contributed by atoms with Crippen LogP contribution < -0.4 is 14.8 Å². The quantitative estimate of drug-likeness (QED) is 0.774. The molecule has 132 valence electrons. The van der Waals surface area contributed by atoms with Crippen LogP contribution in [0.25, 0.3) is 11.4 Å². The Morgan fingerprint density at radius 3 is 2.69 bits per heavy atom. The minimum Gasteiger partial charge on any atom is -0.486 e. The van der Waals surface area contributed by atoms with E-state index in [1.807, 2.05) is 31.2 Å². The van der Waals surface area contributed by atoms with Gasteiger partial charge in [-0.3, -0.25) is 4.79 Å². The first kappa shape index (κ1) is 16.1. The molecule has 8 heteroatoms. The van der Waals surface area contributed by atoms with Gasteiger partial charge in [-0.25, -0.2) is 0 Å². The number of nitrogens with zero attached hydrogens (tertiary/aromatic N) is 4. The number of rotatable bonds is 4. The molecule has 0 bridgehead atoms. The van der Waals surface area contributed by atoms with Crippen molar-refractivity contribution in [3.63, 3.8) is 0 Å². The lowest BCUT2D eigenvalue weighted by Crippen LogP contribution is -2.21. The summed E-state index contributed by atoms with van der Waals surface area (Å²) < 4.78 is 11.0. The number of hydrogen-bond acceptors (Lipinski definition) is 6. The van der Waals surface area contributed by atoms with E-state index < -0.39 is 0 Å². The molecule has 3 aromatic rings. The molecule has 1 N–H and O–H groups in total. The summed E-state index contributed by atoms with van der Waals surface area (Å²) in [7, 11) is 0. The molecule has 2 aromatic carbocycles. The van der Waals surface area contributed by atoms with Crippen LogP contribution in [0.2, 0.25) is 0 Å². The monoisotopic (exact) mass is 351 g/mol. The zero-order valence-electron chi connectivity index (χ0n) is 14.2. The van der Waals surface area contributed by atoms with E-state index in [0.29, 0.717) is 36.2 Å². The lowest BCUT2D eigenvalue weighted by Gasteiger charge is -2.18. The fraction of sp³-hybridized carbons (Fsp3) is 0.222. The van der Waals surface area contributed by atoms with Gasteiger partial charge in [-0.05, 0) is 24.3 Å². The molecule has 2 heterocycles. The van der Waals surface area contributed by atoms with Crippen molar-refractivity contribution < 1.29 is 14.3 Å². The highest BCUT2D eigenvalue weighted by atomic mass is 16.6. The average molecular weight is 351 g/mol. The third kappa shape index (κ3) is 3.49. The van der Waals surface area contributed by atoms with Gasteiger partial charge in [-0.2, -0.15) is 4.80 Å². The smallest absolute Gasteiger partial charge is 0.248 e. The van der Waals surface area contributed by atoms with Gasteiger partial charge in [0.25, 0.3) is 0 Å². The van der Waals surface area contributed by atoms with Crippen molar-refractivity contribution in [1.29, 1.82) is 0 Å². The molecule has 0 atom stereocenters. The summed E-state index contributed by atoms with van der Waals surface area (Å²) in [4.78, 5) is 13.5. The van der Waals surface area contributed by atoms with Gasteiger partial charge in [0, 0.05) is 17.3 Å². The lowest BCUT2D eigenvalue weighted by atomic mass is 10.1. The van der Waals surface area contributed by atoms with Crippen LogP contribution in [0.15, 0.2) is 42.5 Å². The number of ether oxygens (including phenoxy) is 2. The van der Waals surface area contributed by atoms with Crippen LogP contribution in [0.1, 0.15) is 5.56 Å². The number of nitrogens with one attached hydrogen (secondary N) is 1. The van der Waals surface area contributed by atoms with Gasteiger partial charge in [-0.1, -0.05) is 29.8 Å². The predicted molar refractivity (Wildman–Crippen MR) is 94.1 cm³/mol. The van der Waals surface area contributed by atoms with Crippen LogP contribution in [0.3, 0.4) is 0 Å². The maximum Gasteiger partial charge on any atom is 0.248 e. The van der Waals surface area contributed by atoms with Gasteiger partial charge in [-0.15, -0.1) is 10.2 Å². The van der Waals surface area contributed by atoms with E-state index in [2.05, 4.69) is 20.7 Å². The van der Waals surface area contributed by atoms with E-state index in [9.17, 15) is 4.79 Å². The molecule has 0 spiro atoms. The summed E-state index contributed by atoms with van der Waals surface area (Å²) in [5.41, 5.74) is 2.63. The van der Waals surface area contributed by atoms with Crippen LogP contribution >= 0.6 is 0 Å². The summed E-state index contributed by atoms with van der Waals surface area (Å²) in [5.74, 6) is 1.52. The van der Waals surface area contributed by atoms with E-state index in [0.717, 1.165) is 11.1 Å². The first-order valence-electron chi connectivity index (χ1n) is 8.22. The molecule has 1 amide bonds. The highest BCUT2D eigenvalue weighted by Crippen LogP contribution is 2.32. The second kappa shape index (κ2) is 6.83. The Bertz CT molecular complexity index is 936. The number of amides is 1. The number of aromatic nitrogens is 4. The molecule has 1 aliphatic heterocycles. The van der Waals surface area contributed by atoms with Gasteiger partial charge in [0.15, 0.2) is 11.5 Å². The Balaban J connectivity index is 1.41. The van der Waals surface area contributed by atoms with Gasteiger partial charge in [0.05, 0.1) is 0 Å². The van der Waals surface area contributed by atoms with Crippen molar-refractivity contribution in [1.82, 2.24) is 20.2 Å². The van der Waals surface area contributed by atoms with E-state index in [4.69, 9.17) is 9.47 Å². The van der Waals surface area contributed by atoms with Crippen LogP contribution in [0, 0.1) is 6.92 Å². The molecule has 1 aliphatic rings. The Morgan fingerprint density at radius 1 is 1.12 bits per heavy atom. The first-order valence-corrected chi connectivity index (χ1v) is 8.22. The van der Waals surface area contributed by atoms with E-state index in [-0.39, 0.29) is 12.5 Å². The van der Waals surface area contributed by atoms with E-state index in [1.54, 1.807) is 18.2 Å². The topological polar surface area (TPSA) is 91.2 Å². The van der Waals surface area contributed by atoms with E-state index >= 15 is 0 Å². The fourth-order valence-electron chi connectivity index (χ4n) is 2.58. The van der Waals surface area contributed by atoms with Gasteiger partial charge >= 0.3 is 0 Å². The van der Waals surface area contributed by atoms with Gasteiger partial charge < -0.3 is 14.8 Å². The molecular formula is C18H17N5O3. The summed E-state index contributed by atoms with van der Waals surface area (Å²) >= 11 is 0. The Kier molecular flexibility index (Phi) is 4.22. The minimum absolute atomic E-state index is 0.0344. The number of aryl methyl sites for hydroxylation is 1. The van der Waals surface area contributed by atoms with Crippen molar-refractivity contribution in [2.45, 2.75) is 13.5 Å². The van der Waals surface area contributed by atoms with Crippen LogP contribution in [-0.4, -0.2) is 39.3 Å². The van der Waals surface area contributed by atoms with Crippen LogP contribution in [-0.2, 0) is 11.3 Å². The molecular weight excluding hydrogens is 334 g/mol. The van der Waals surface area contributed by atoms with E-state index in [1.165, 1.54) is 4.80 Å². The molecule has 0 unspecified atom stereocenters. The van der Waals surface area contributed by atoms with Crippen LogP contribution in [0.4, 0.5) is 5.69 Å². The molecule has 8 nitrogen and oxygen atoms in total. The number of tetrazole rings is 1. The summed E-state index contributed by atoms with van der Waals surface area (Å²) in [6, 6.07) is 13.1. The predicted octanol–water partition coefficient (Wildman–Crippen LogP) is 2.06. The molecule has 0 saturated carbocycles. The number of benzene rings is 2. The maximum atomic E-state index is 12.2. The third-order valence-corrected chi connectivity index (χ3v) is 3.87. The number of hydrogen-bond donors (Lipinski definition) is 1. The Labute approximate surface area is 149 Å². The number of carbonyl (C=O) groups excluding carboxylic acids is 1. The second-order valence-electron chi connectivity index (χ2n) is 5.92. The highest BCUT2D eigenvalue weighted by Gasteiger charge is 2.14. The number of fused-ring (bicyclic) bond motifs is 1. The zero-order chi connectivity index (χ0) is 17.9. The summed E-state index contributed by atoms with van der Waals surface area (Å²) in [6.07, 6.45) is 0. The molecule has 0 fully saturated rings. The van der Waals surface area contributed by atoms with Crippen molar-refractivity contribution in [3.8, 4) is 22.9 Å². The molecule has 0 aliphatic carbocycles. The van der Waals surface area contributed by atoms with Crippen molar-refractivity contribution in [2.75, 3.05) is 18.5 Å². The SMILES string of the molecule is Cc1ccc(-c2nnn(CC(=O)Nc3ccc4c(c3)OCCO4)n2)cc1. The van der Waals surface area contributed by atoms with Crippen molar-refractivity contribution >= 4 is 11.6 Å². The minimum atomic E-state index is -0.255. The molecule has 0 radical (unpaired) electrons. The fourth-order valence-corrected chi connectivity index (χ4v) is 2.58. The maximum absolute atomic E-state index is 12.2. The van der Waals surface area contributed by atoms with Crippen molar-refractivity contribution in [3.05, 3.63) is 48.0 Å². The number of anilines is 1. The Hall–Kier alpha value is -3.42. The molecule has 4 rings (SSSR count). The molecule has 0 saturated heterocycles.